The lowest BCUT2D eigenvalue weighted by Crippen LogP contribution is -2.07. The maximum atomic E-state index is 5.48. The lowest BCUT2D eigenvalue weighted by molar-refractivity contribution is 0.288. The van der Waals surface area contributed by atoms with Crippen LogP contribution in [0.5, 0.6) is 11.5 Å². The van der Waals surface area contributed by atoms with Gasteiger partial charge in [-0.2, -0.15) is 0 Å². The highest BCUT2D eigenvalue weighted by Gasteiger charge is 2.08. The molecule has 160 valence electrons. The van der Waals surface area contributed by atoms with Gasteiger partial charge in [0.05, 0.1) is 13.2 Å². The first kappa shape index (κ1) is 28.3. The minimum absolute atomic E-state index is 0.740. The predicted octanol–water partition coefficient (Wildman–Crippen LogP) is 8.10. The third kappa shape index (κ3) is 11.0. The molecule has 2 heteroatoms. The number of rotatable bonds is 2. The number of fused-ring (bicyclic) bond motifs is 1. The van der Waals surface area contributed by atoms with E-state index in [1.165, 1.54) is 28.7 Å². The lowest BCUT2D eigenvalue weighted by Gasteiger charge is -2.16. The van der Waals surface area contributed by atoms with Crippen molar-refractivity contribution in [3.05, 3.63) is 58.7 Å². The SMILES string of the molecule is CC.CC.CC.CCOc1ccc(C)cc1C.Cc1ccc2c(c1)CCCO2. The Balaban J connectivity index is 0. The van der Waals surface area contributed by atoms with Gasteiger partial charge in [0.15, 0.2) is 0 Å². The fraction of sp³-hybridized carbons (Fsp3) is 0.538. The van der Waals surface area contributed by atoms with E-state index in [2.05, 4.69) is 51.1 Å². The molecular weight excluding hydrogens is 344 g/mol. The average molecular weight is 389 g/mol. The van der Waals surface area contributed by atoms with Gasteiger partial charge in [0.25, 0.3) is 0 Å². The van der Waals surface area contributed by atoms with Crippen LogP contribution in [0.2, 0.25) is 0 Å². The van der Waals surface area contributed by atoms with E-state index in [0.717, 1.165) is 31.1 Å². The maximum absolute atomic E-state index is 5.48. The van der Waals surface area contributed by atoms with Gasteiger partial charge in [-0.1, -0.05) is 76.9 Å². The van der Waals surface area contributed by atoms with Gasteiger partial charge in [0, 0.05) is 0 Å². The van der Waals surface area contributed by atoms with Crippen LogP contribution in [0.3, 0.4) is 0 Å². The maximum Gasteiger partial charge on any atom is 0.122 e. The topological polar surface area (TPSA) is 18.5 Å². The lowest BCUT2D eigenvalue weighted by atomic mass is 10.0. The summed E-state index contributed by atoms with van der Waals surface area (Å²) in [5, 5.41) is 0. The van der Waals surface area contributed by atoms with Gasteiger partial charge in [-0.15, -0.1) is 0 Å². The Morgan fingerprint density at radius 3 is 1.96 bits per heavy atom. The fourth-order valence-corrected chi connectivity index (χ4v) is 2.61. The molecule has 28 heavy (non-hydrogen) atoms. The molecule has 0 N–H and O–H groups in total. The molecule has 0 saturated carbocycles. The second kappa shape index (κ2) is 18.4. The van der Waals surface area contributed by atoms with Crippen molar-refractivity contribution in [3.8, 4) is 11.5 Å². The van der Waals surface area contributed by atoms with E-state index >= 15 is 0 Å². The number of hydrogen-bond acceptors (Lipinski definition) is 2. The molecule has 0 spiro atoms. The summed E-state index contributed by atoms with van der Waals surface area (Å²) in [5.41, 5.74) is 5.20. The molecule has 0 radical (unpaired) electrons. The van der Waals surface area contributed by atoms with Crippen LogP contribution in [0.25, 0.3) is 0 Å². The van der Waals surface area contributed by atoms with Crippen LogP contribution in [-0.2, 0) is 6.42 Å². The normalized spacial score (nSPS) is 10.5. The van der Waals surface area contributed by atoms with E-state index in [1.807, 2.05) is 54.5 Å². The summed E-state index contributed by atoms with van der Waals surface area (Å²) in [6.07, 6.45) is 2.34. The minimum atomic E-state index is 0.740. The van der Waals surface area contributed by atoms with Crippen LogP contribution < -0.4 is 9.47 Å². The first-order valence-electron chi connectivity index (χ1n) is 11.0. The molecule has 0 saturated heterocycles. The van der Waals surface area contributed by atoms with Crippen molar-refractivity contribution in [2.45, 2.75) is 82.1 Å². The van der Waals surface area contributed by atoms with Crippen molar-refractivity contribution in [1.29, 1.82) is 0 Å². The Kier molecular flexibility index (Phi) is 18.6. The van der Waals surface area contributed by atoms with E-state index in [9.17, 15) is 0 Å². The van der Waals surface area contributed by atoms with Crippen molar-refractivity contribution >= 4 is 0 Å². The van der Waals surface area contributed by atoms with Crippen LogP contribution in [0.4, 0.5) is 0 Å². The van der Waals surface area contributed by atoms with E-state index in [4.69, 9.17) is 9.47 Å². The Hall–Kier alpha value is -1.96. The second-order valence-corrected chi connectivity index (χ2v) is 5.77. The Bertz CT molecular complexity index is 618. The molecule has 1 aliphatic heterocycles. The summed E-state index contributed by atoms with van der Waals surface area (Å²) in [5.74, 6) is 2.08. The zero-order valence-corrected chi connectivity index (χ0v) is 20.1. The summed E-state index contributed by atoms with van der Waals surface area (Å²) in [4.78, 5) is 0. The predicted molar refractivity (Wildman–Crippen MR) is 126 cm³/mol. The van der Waals surface area contributed by atoms with Crippen molar-refractivity contribution < 1.29 is 9.47 Å². The highest BCUT2D eigenvalue weighted by Crippen LogP contribution is 2.24. The van der Waals surface area contributed by atoms with E-state index in [1.54, 1.807) is 0 Å². The van der Waals surface area contributed by atoms with Crippen LogP contribution in [0, 0.1) is 20.8 Å². The molecular formula is C26H44O2. The van der Waals surface area contributed by atoms with Gasteiger partial charge in [0.2, 0.25) is 0 Å². The number of ether oxygens (including phenoxy) is 2. The molecule has 2 aromatic carbocycles. The molecule has 2 aromatic rings. The Morgan fingerprint density at radius 2 is 1.39 bits per heavy atom. The van der Waals surface area contributed by atoms with Gasteiger partial charge in [-0.25, -0.2) is 0 Å². The van der Waals surface area contributed by atoms with Crippen molar-refractivity contribution in [1.82, 2.24) is 0 Å². The Morgan fingerprint density at radius 1 is 0.821 bits per heavy atom. The number of hydrogen-bond donors (Lipinski definition) is 0. The standard InChI is InChI=1S/C10H12O.C10H14O.3C2H6/c1-8-4-5-10-9(7-8)3-2-6-11-10;1-4-11-10-6-5-8(2)7-9(10)3;3*1-2/h4-5,7H,2-3,6H2,1H3;5-7H,4H2,1-3H3;3*1-2H3. The Labute approximate surface area is 175 Å². The third-order valence-corrected chi connectivity index (χ3v) is 3.69. The van der Waals surface area contributed by atoms with Gasteiger partial charge >= 0.3 is 0 Å². The second-order valence-electron chi connectivity index (χ2n) is 5.77. The molecule has 0 aromatic heterocycles. The molecule has 3 rings (SSSR count). The monoisotopic (exact) mass is 388 g/mol. The van der Waals surface area contributed by atoms with Gasteiger partial charge in [-0.3, -0.25) is 0 Å². The molecule has 1 heterocycles. The smallest absolute Gasteiger partial charge is 0.122 e. The number of aryl methyl sites for hydroxylation is 4. The summed E-state index contributed by atoms with van der Waals surface area (Å²) in [6.45, 7) is 21.9. The first-order chi connectivity index (χ1) is 13.6. The van der Waals surface area contributed by atoms with Crippen molar-refractivity contribution in [2.75, 3.05) is 13.2 Å². The summed E-state index contributed by atoms with van der Waals surface area (Å²) >= 11 is 0. The van der Waals surface area contributed by atoms with Gasteiger partial charge < -0.3 is 9.47 Å². The quantitative estimate of drug-likeness (QED) is 0.517. The number of benzene rings is 2. The van der Waals surface area contributed by atoms with Crippen LogP contribution in [0.1, 0.15) is 77.1 Å². The summed E-state index contributed by atoms with van der Waals surface area (Å²) in [7, 11) is 0. The van der Waals surface area contributed by atoms with Crippen molar-refractivity contribution in [3.63, 3.8) is 0 Å². The molecule has 0 aliphatic carbocycles. The highest BCUT2D eigenvalue weighted by atomic mass is 16.5. The molecule has 0 fully saturated rings. The fourth-order valence-electron chi connectivity index (χ4n) is 2.61. The minimum Gasteiger partial charge on any atom is -0.494 e. The summed E-state index contributed by atoms with van der Waals surface area (Å²) < 4.78 is 10.9. The molecule has 0 bridgehead atoms. The summed E-state index contributed by atoms with van der Waals surface area (Å²) in [6, 6.07) is 12.6. The zero-order valence-electron chi connectivity index (χ0n) is 20.1. The molecule has 0 atom stereocenters. The van der Waals surface area contributed by atoms with E-state index in [0.29, 0.717) is 0 Å². The largest absolute Gasteiger partial charge is 0.494 e. The van der Waals surface area contributed by atoms with Crippen LogP contribution in [-0.4, -0.2) is 13.2 Å². The molecule has 1 aliphatic rings. The zero-order chi connectivity index (χ0) is 21.9. The van der Waals surface area contributed by atoms with Crippen LogP contribution in [0.15, 0.2) is 36.4 Å². The van der Waals surface area contributed by atoms with E-state index < -0.39 is 0 Å². The molecule has 0 unspecified atom stereocenters. The average Bonchev–Trinajstić information content (AvgIpc) is 2.75. The van der Waals surface area contributed by atoms with Crippen molar-refractivity contribution in [2.24, 2.45) is 0 Å². The van der Waals surface area contributed by atoms with Gasteiger partial charge in [-0.05, 0) is 63.8 Å². The van der Waals surface area contributed by atoms with E-state index in [-0.39, 0.29) is 0 Å². The third-order valence-electron chi connectivity index (χ3n) is 3.69. The highest BCUT2D eigenvalue weighted by molar-refractivity contribution is 5.38. The molecule has 0 amide bonds. The van der Waals surface area contributed by atoms with Gasteiger partial charge in [0.1, 0.15) is 11.5 Å². The molecule has 2 nitrogen and oxygen atoms in total. The first-order valence-corrected chi connectivity index (χ1v) is 11.0. The van der Waals surface area contributed by atoms with Crippen LogP contribution >= 0.6 is 0 Å².